The van der Waals surface area contributed by atoms with Gasteiger partial charge < -0.3 is 9.47 Å². The van der Waals surface area contributed by atoms with E-state index in [2.05, 4.69) is 0 Å². The number of ether oxygens (including phenoxy) is 2. The largest absolute Gasteiger partial charge is 0.486 e. The number of benzene rings is 1. The van der Waals surface area contributed by atoms with Crippen molar-refractivity contribution in [3.63, 3.8) is 0 Å². The number of hydrogen-bond donors (Lipinski definition) is 0. The van der Waals surface area contributed by atoms with Gasteiger partial charge in [0.15, 0.2) is 5.78 Å². The predicted octanol–water partition coefficient (Wildman–Crippen LogP) is 4.19. The first-order chi connectivity index (χ1) is 10.7. The van der Waals surface area contributed by atoms with Crippen molar-refractivity contribution in [3.8, 4) is 5.75 Å². The molecule has 1 aromatic carbocycles. The molecule has 0 bridgehead atoms. The number of carbonyl (C=O) groups excluding carboxylic acids is 2. The second-order valence-electron chi connectivity index (χ2n) is 6.70. The van der Waals surface area contributed by atoms with Gasteiger partial charge in [-0.1, -0.05) is 13.8 Å². The highest BCUT2D eigenvalue weighted by Gasteiger charge is 2.32. The quantitative estimate of drug-likeness (QED) is 0.784. The summed E-state index contributed by atoms with van der Waals surface area (Å²) in [6.45, 7) is 9.75. The summed E-state index contributed by atoms with van der Waals surface area (Å²) < 4.78 is 11.4. The summed E-state index contributed by atoms with van der Waals surface area (Å²) in [6, 6.07) is 5.23. The Labute approximate surface area is 137 Å². The third-order valence-electron chi connectivity index (χ3n) is 3.64. The van der Waals surface area contributed by atoms with E-state index >= 15 is 0 Å². The first-order valence-electron chi connectivity index (χ1n) is 8.09. The van der Waals surface area contributed by atoms with Gasteiger partial charge in [0, 0.05) is 12.0 Å². The zero-order chi connectivity index (χ0) is 17.2. The number of carbonyl (C=O) groups is 2. The molecule has 1 aliphatic rings. The SMILES string of the molecule is CCC(=O)c1ccc2c(c1)N(C(=O)OC(C)(C)C)CC(CC)O2. The highest BCUT2D eigenvalue weighted by atomic mass is 16.6. The molecule has 23 heavy (non-hydrogen) atoms. The number of ketones is 1. The lowest BCUT2D eigenvalue weighted by Gasteiger charge is -2.35. The van der Waals surface area contributed by atoms with Crippen molar-refractivity contribution in [2.75, 3.05) is 11.4 Å². The molecule has 0 aromatic heterocycles. The zero-order valence-corrected chi connectivity index (χ0v) is 14.5. The average Bonchev–Trinajstić information content (AvgIpc) is 2.50. The Hall–Kier alpha value is -2.04. The molecular formula is C18H25NO4. The van der Waals surface area contributed by atoms with E-state index in [4.69, 9.17) is 9.47 Å². The molecule has 0 fully saturated rings. The van der Waals surface area contributed by atoms with Gasteiger partial charge in [0.25, 0.3) is 0 Å². The predicted molar refractivity (Wildman–Crippen MR) is 89.4 cm³/mol. The molecule has 1 unspecified atom stereocenters. The molecule has 0 spiro atoms. The third kappa shape index (κ3) is 4.03. The molecule has 126 valence electrons. The van der Waals surface area contributed by atoms with Gasteiger partial charge in [-0.2, -0.15) is 0 Å². The Morgan fingerprint density at radius 3 is 2.57 bits per heavy atom. The molecule has 0 radical (unpaired) electrons. The van der Waals surface area contributed by atoms with Gasteiger partial charge in [0.05, 0.1) is 12.2 Å². The standard InChI is InChI=1S/C18H25NO4/c1-6-13-11-19(17(21)23-18(3,4)5)14-10-12(15(20)7-2)8-9-16(14)22-13/h8-10,13H,6-7,11H2,1-5H3. The maximum atomic E-state index is 12.6. The van der Waals surface area contributed by atoms with E-state index in [0.29, 0.717) is 30.0 Å². The number of fused-ring (bicyclic) bond motifs is 1. The van der Waals surface area contributed by atoms with Gasteiger partial charge in [-0.05, 0) is 45.4 Å². The van der Waals surface area contributed by atoms with Crippen LogP contribution in [0.15, 0.2) is 18.2 Å². The molecule has 1 atom stereocenters. The molecule has 1 heterocycles. The first-order valence-corrected chi connectivity index (χ1v) is 8.09. The van der Waals surface area contributed by atoms with E-state index in [0.717, 1.165) is 6.42 Å². The smallest absolute Gasteiger partial charge is 0.415 e. The van der Waals surface area contributed by atoms with Crippen molar-refractivity contribution < 1.29 is 19.1 Å². The summed E-state index contributed by atoms with van der Waals surface area (Å²) in [6.07, 6.45) is 0.710. The van der Waals surface area contributed by atoms with Crippen LogP contribution in [0.2, 0.25) is 0 Å². The molecule has 1 amide bonds. The summed E-state index contributed by atoms with van der Waals surface area (Å²) in [5, 5.41) is 0. The van der Waals surface area contributed by atoms with Crippen molar-refractivity contribution in [2.24, 2.45) is 0 Å². The number of anilines is 1. The lowest BCUT2D eigenvalue weighted by Crippen LogP contribution is -2.45. The average molecular weight is 319 g/mol. The van der Waals surface area contributed by atoms with Crippen molar-refractivity contribution in [1.29, 1.82) is 0 Å². The van der Waals surface area contributed by atoms with Gasteiger partial charge in [-0.3, -0.25) is 9.69 Å². The topological polar surface area (TPSA) is 55.8 Å². The van der Waals surface area contributed by atoms with E-state index in [-0.39, 0.29) is 11.9 Å². The van der Waals surface area contributed by atoms with Crippen LogP contribution < -0.4 is 9.64 Å². The van der Waals surface area contributed by atoms with Crippen LogP contribution in [0.25, 0.3) is 0 Å². The summed E-state index contributed by atoms with van der Waals surface area (Å²) in [7, 11) is 0. The second-order valence-corrected chi connectivity index (χ2v) is 6.70. The molecule has 0 saturated heterocycles. The van der Waals surface area contributed by atoms with Crippen LogP contribution in [0.4, 0.5) is 10.5 Å². The molecule has 0 N–H and O–H groups in total. The van der Waals surface area contributed by atoms with Crippen molar-refractivity contribution in [2.45, 2.75) is 59.2 Å². The maximum absolute atomic E-state index is 12.6. The van der Waals surface area contributed by atoms with Crippen LogP contribution >= 0.6 is 0 Å². The number of rotatable bonds is 3. The first kappa shape index (κ1) is 17.3. The summed E-state index contributed by atoms with van der Waals surface area (Å²) in [5.74, 6) is 0.649. The second kappa shape index (κ2) is 6.60. The fourth-order valence-corrected chi connectivity index (χ4v) is 2.43. The number of hydrogen-bond acceptors (Lipinski definition) is 4. The lowest BCUT2D eigenvalue weighted by atomic mass is 10.1. The molecule has 0 aliphatic carbocycles. The van der Waals surface area contributed by atoms with Gasteiger partial charge in [-0.25, -0.2) is 4.79 Å². The Morgan fingerprint density at radius 2 is 2.00 bits per heavy atom. The summed E-state index contributed by atoms with van der Waals surface area (Å²) in [4.78, 5) is 26.1. The van der Waals surface area contributed by atoms with E-state index in [1.165, 1.54) is 0 Å². The van der Waals surface area contributed by atoms with Crippen LogP contribution in [0, 0.1) is 0 Å². The van der Waals surface area contributed by atoms with E-state index in [1.807, 2.05) is 34.6 Å². The Bertz CT molecular complexity index is 604. The third-order valence-corrected chi connectivity index (χ3v) is 3.64. The Kier molecular flexibility index (Phi) is 4.97. The minimum absolute atomic E-state index is 0.0366. The van der Waals surface area contributed by atoms with Crippen LogP contribution in [-0.2, 0) is 4.74 Å². The van der Waals surface area contributed by atoms with Crippen LogP contribution in [0.5, 0.6) is 5.75 Å². The molecule has 0 saturated carbocycles. The Morgan fingerprint density at radius 1 is 1.30 bits per heavy atom. The highest BCUT2D eigenvalue weighted by molar-refractivity contribution is 5.99. The van der Waals surface area contributed by atoms with Crippen LogP contribution in [-0.4, -0.2) is 30.1 Å². The number of nitrogens with zero attached hydrogens (tertiary/aromatic N) is 1. The van der Waals surface area contributed by atoms with E-state index in [9.17, 15) is 9.59 Å². The van der Waals surface area contributed by atoms with Gasteiger partial charge in [0.1, 0.15) is 17.5 Å². The molecule has 1 aliphatic heterocycles. The lowest BCUT2D eigenvalue weighted by molar-refractivity contribution is 0.0546. The number of amides is 1. The number of Topliss-reactive ketones (excluding diaryl/α,β-unsaturated/α-hetero) is 1. The summed E-state index contributed by atoms with van der Waals surface area (Å²) >= 11 is 0. The molecular weight excluding hydrogens is 294 g/mol. The van der Waals surface area contributed by atoms with Crippen molar-refractivity contribution in [3.05, 3.63) is 23.8 Å². The fraction of sp³-hybridized carbons (Fsp3) is 0.556. The van der Waals surface area contributed by atoms with E-state index < -0.39 is 11.7 Å². The monoisotopic (exact) mass is 319 g/mol. The van der Waals surface area contributed by atoms with Crippen LogP contribution in [0.3, 0.4) is 0 Å². The Balaban J connectivity index is 2.39. The zero-order valence-electron chi connectivity index (χ0n) is 14.5. The molecule has 1 aromatic rings. The van der Waals surface area contributed by atoms with Gasteiger partial charge in [0.2, 0.25) is 0 Å². The normalized spacial score (nSPS) is 17.3. The maximum Gasteiger partial charge on any atom is 0.415 e. The fourth-order valence-electron chi connectivity index (χ4n) is 2.43. The minimum atomic E-state index is -0.575. The minimum Gasteiger partial charge on any atom is -0.486 e. The summed E-state index contributed by atoms with van der Waals surface area (Å²) in [5.41, 5.74) is 0.607. The van der Waals surface area contributed by atoms with Gasteiger partial charge in [-0.15, -0.1) is 0 Å². The van der Waals surface area contributed by atoms with Crippen molar-refractivity contribution in [1.82, 2.24) is 0 Å². The molecule has 2 rings (SSSR count). The van der Waals surface area contributed by atoms with Crippen molar-refractivity contribution >= 4 is 17.6 Å². The molecule has 5 nitrogen and oxygen atoms in total. The van der Waals surface area contributed by atoms with E-state index in [1.54, 1.807) is 23.1 Å². The highest BCUT2D eigenvalue weighted by Crippen LogP contribution is 2.36. The molecule has 5 heteroatoms. The van der Waals surface area contributed by atoms with Crippen LogP contribution in [0.1, 0.15) is 57.8 Å². The van der Waals surface area contributed by atoms with Gasteiger partial charge >= 0.3 is 6.09 Å².